The van der Waals surface area contributed by atoms with E-state index in [2.05, 4.69) is 64.0 Å². The number of hydrogen-bond acceptors (Lipinski definition) is 3. The lowest BCUT2D eigenvalue weighted by Crippen LogP contribution is -2.43. The first-order valence-electron chi connectivity index (χ1n) is 6.17. The Morgan fingerprint density at radius 1 is 1.00 bits per heavy atom. The standard InChI is InChI=1S/C14H10Br3N3O2S/c15-7-1-3-9(4-2-7)18-14(23)20-19-13(22)10-5-8(16)6-11(17)12(10)21/h1-6,21H,(H,19,22)(H2,18,20,23). The average molecular weight is 524 g/mol. The van der Waals surface area contributed by atoms with Crippen LogP contribution in [0.4, 0.5) is 5.69 Å². The number of hydrogen-bond donors (Lipinski definition) is 4. The van der Waals surface area contributed by atoms with Gasteiger partial charge in [-0.25, -0.2) is 0 Å². The molecule has 0 aliphatic heterocycles. The van der Waals surface area contributed by atoms with Crippen LogP contribution in [0.5, 0.6) is 5.75 Å². The number of carbonyl (C=O) groups is 1. The van der Waals surface area contributed by atoms with Crippen LogP contribution in [0.25, 0.3) is 0 Å². The molecule has 0 radical (unpaired) electrons. The number of nitrogens with one attached hydrogen (secondary N) is 3. The van der Waals surface area contributed by atoms with Gasteiger partial charge in [0.15, 0.2) is 5.11 Å². The summed E-state index contributed by atoms with van der Waals surface area (Å²) in [5.74, 6) is -0.677. The lowest BCUT2D eigenvalue weighted by atomic mass is 10.2. The van der Waals surface area contributed by atoms with Gasteiger partial charge in [0.2, 0.25) is 0 Å². The zero-order valence-corrected chi connectivity index (χ0v) is 16.9. The molecule has 0 saturated heterocycles. The molecule has 2 rings (SSSR count). The van der Waals surface area contributed by atoms with Crippen molar-refractivity contribution in [1.29, 1.82) is 0 Å². The summed E-state index contributed by atoms with van der Waals surface area (Å²) in [4.78, 5) is 12.1. The Kier molecular flexibility index (Phi) is 6.40. The van der Waals surface area contributed by atoms with E-state index in [4.69, 9.17) is 12.2 Å². The van der Waals surface area contributed by atoms with E-state index in [1.807, 2.05) is 24.3 Å². The molecule has 0 aliphatic rings. The lowest BCUT2D eigenvalue weighted by Gasteiger charge is -2.13. The Labute approximate surface area is 163 Å². The molecule has 0 aliphatic carbocycles. The first kappa shape index (κ1) is 18.2. The Hall–Kier alpha value is -1.16. The molecular formula is C14H10Br3N3O2S. The molecule has 0 fully saturated rings. The molecule has 23 heavy (non-hydrogen) atoms. The van der Waals surface area contributed by atoms with Gasteiger partial charge in [-0.2, -0.15) is 0 Å². The van der Waals surface area contributed by atoms with Crippen molar-refractivity contribution < 1.29 is 9.90 Å². The summed E-state index contributed by atoms with van der Waals surface area (Å²) < 4.78 is 2.02. The number of anilines is 1. The van der Waals surface area contributed by atoms with Gasteiger partial charge >= 0.3 is 0 Å². The molecule has 0 saturated carbocycles. The maximum atomic E-state index is 12.1. The molecule has 0 spiro atoms. The maximum Gasteiger partial charge on any atom is 0.273 e. The van der Waals surface area contributed by atoms with Gasteiger partial charge in [0.1, 0.15) is 5.75 Å². The van der Waals surface area contributed by atoms with Crippen LogP contribution in [0.15, 0.2) is 49.8 Å². The molecule has 0 unspecified atom stereocenters. The molecule has 120 valence electrons. The van der Waals surface area contributed by atoms with Gasteiger partial charge in [-0.15, -0.1) is 0 Å². The summed E-state index contributed by atoms with van der Waals surface area (Å²) in [5.41, 5.74) is 5.87. The van der Waals surface area contributed by atoms with Gasteiger partial charge in [-0.1, -0.05) is 31.9 Å². The lowest BCUT2D eigenvalue weighted by molar-refractivity contribution is 0.0941. The van der Waals surface area contributed by atoms with E-state index in [1.54, 1.807) is 6.07 Å². The second kappa shape index (κ2) is 8.09. The van der Waals surface area contributed by atoms with Crippen molar-refractivity contribution >= 4 is 76.7 Å². The number of rotatable bonds is 2. The minimum Gasteiger partial charge on any atom is -0.506 e. The molecule has 4 N–H and O–H groups in total. The Balaban J connectivity index is 1.96. The van der Waals surface area contributed by atoms with E-state index in [-0.39, 0.29) is 16.4 Å². The third-order valence-electron chi connectivity index (χ3n) is 2.66. The highest BCUT2D eigenvalue weighted by Crippen LogP contribution is 2.31. The van der Waals surface area contributed by atoms with Crippen molar-refractivity contribution in [3.63, 3.8) is 0 Å². The average Bonchev–Trinajstić information content (AvgIpc) is 2.50. The maximum absolute atomic E-state index is 12.1. The number of benzene rings is 2. The van der Waals surface area contributed by atoms with E-state index in [1.165, 1.54) is 6.07 Å². The van der Waals surface area contributed by atoms with E-state index in [0.29, 0.717) is 8.95 Å². The van der Waals surface area contributed by atoms with Gasteiger partial charge < -0.3 is 10.4 Å². The summed E-state index contributed by atoms with van der Waals surface area (Å²) in [6.45, 7) is 0. The Morgan fingerprint density at radius 2 is 1.65 bits per heavy atom. The van der Waals surface area contributed by atoms with Crippen molar-refractivity contribution in [3.05, 3.63) is 55.4 Å². The molecular weight excluding hydrogens is 514 g/mol. The number of carbonyl (C=O) groups excluding carboxylic acids is 1. The predicted octanol–water partition coefficient (Wildman–Crippen LogP) is 4.31. The van der Waals surface area contributed by atoms with Crippen LogP contribution in [0.1, 0.15) is 10.4 Å². The van der Waals surface area contributed by atoms with Crippen molar-refractivity contribution in [1.82, 2.24) is 10.9 Å². The number of aromatic hydroxyl groups is 1. The molecule has 5 nitrogen and oxygen atoms in total. The minimum atomic E-state index is -0.524. The highest BCUT2D eigenvalue weighted by atomic mass is 79.9. The van der Waals surface area contributed by atoms with Crippen LogP contribution in [-0.4, -0.2) is 16.1 Å². The summed E-state index contributed by atoms with van der Waals surface area (Å²) in [7, 11) is 0. The number of hydrazine groups is 1. The molecule has 9 heteroatoms. The predicted molar refractivity (Wildman–Crippen MR) is 104 cm³/mol. The number of thiocarbonyl (C=S) groups is 1. The molecule has 0 heterocycles. The molecule has 1 amide bonds. The van der Waals surface area contributed by atoms with Gasteiger partial charge in [-0.05, 0) is 64.5 Å². The second-order valence-corrected chi connectivity index (χ2v) is 7.42. The van der Waals surface area contributed by atoms with E-state index < -0.39 is 5.91 Å². The molecule has 0 bridgehead atoms. The quantitative estimate of drug-likeness (QED) is 0.349. The SMILES string of the molecule is O=C(NNC(=S)Nc1ccc(Br)cc1)c1cc(Br)cc(Br)c1O. The Morgan fingerprint density at radius 3 is 2.30 bits per heavy atom. The first-order chi connectivity index (χ1) is 10.9. The Bertz CT molecular complexity index is 754. The van der Waals surface area contributed by atoms with Gasteiger partial charge in [0.25, 0.3) is 5.91 Å². The summed E-state index contributed by atoms with van der Waals surface area (Å²) in [5, 5.41) is 13.0. The van der Waals surface area contributed by atoms with Crippen molar-refractivity contribution in [2.45, 2.75) is 0 Å². The minimum absolute atomic E-state index is 0.102. The highest BCUT2D eigenvalue weighted by Gasteiger charge is 2.15. The summed E-state index contributed by atoms with van der Waals surface area (Å²) >= 11 is 14.9. The molecule has 2 aromatic carbocycles. The largest absolute Gasteiger partial charge is 0.506 e. The van der Waals surface area contributed by atoms with Crippen LogP contribution in [0, 0.1) is 0 Å². The van der Waals surface area contributed by atoms with Crippen molar-refractivity contribution in [2.75, 3.05) is 5.32 Å². The van der Waals surface area contributed by atoms with Crippen LogP contribution >= 0.6 is 60.0 Å². The summed E-state index contributed by atoms with van der Waals surface area (Å²) in [6, 6.07) is 10.5. The van der Waals surface area contributed by atoms with Gasteiger partial charge in [0, 0.05) is 14.6 Å². The third-order valence-corrected chi connectivity index (χ3v) is 4.46. The smallest absolute Gasteiger partial charge is 0.273 e. The van der Waals surface area contributed by atoms with Gasteiger partial charge in [-0.3, -0.25) is 15.6 Å². The fourth-order valence-electron chi connectivity index (χ4n) is 1.62. The molecule has 0 aromatic heterocycles. The monoisotopic (exact) mass is 521 g/mol. The number of amides is 1. The molecule has 0 atom stereocenters. The molecule has 2 aromatic rings. The second-order valence-electron chi connectivity index (χ2n) is 4.32. The fourth-order valence-corrected chi connectivity index (χ4v) is 3.27. The topological polar surface area (TPSA) is 73.4 Å². The van der Waals surface area contributed by atoms with E-state index in [0.717, 1.165) is 10.2 Å². The number of phenols is 1. The summed E-state index contributed by atoms with van der Waals surface area (Å²) in [6.07, 6.45) is 0. The van der Waals surface area contributed by atoms with Crippen LogP contribution in [0.2, 0.25) is 0 Å². The van der Waals surface area contributed by atoms with E-state index >= 15 is 0 Å². The van der Waals surface area contributed by atoms with Crippen LogP contribution in [-0.2, 0) is 0 Å². The normalized spacial score (nSPS) is 10.0. The number of phenolic OH excluding ortho intramolecular Hbond substituents is 1. The number of halogens is 3. The van der Waals surface area contributed by atoms with E-state index in [9.17, 15) is 9.90 Å². The zero-order valence-electron chi connectivity index (χ0n) is 11.4. The van der Waals surface area contributed by atoms with Crippen molar-refractivity contribution in [2.24, 2.45) is 0 Å². The first-order valence-corrected chi connectivity index (χ1v) is 8.96. The third kappa shape index (κ3) is 5.17. The highest BCUT2D eigenvalue weighted by molar-refractivity contribution is 9.11. The fraction of sp³-hybridized carbons (Fsp3) is 0. The van der Waals surface area contributed by atoms with Gasteiger partial charge in [0.05, 0.1) is 10.0 Å². The van der Waals surface area contributed by atoms with Crippen molar-refractivity contribution in [3.8, 4) is 5.75 Å². The van der Waals surface area contributed by atoms with Crippen LogP contribution < -0.4 is 16.2 Å². The zero-order chi connectivity index (χ0) is 17.0. The van der Waals surface area contributed by atoms with Crippen LogP contribution in [0.3, 0.4) is 0 Å².